The molecule has 142 valence electrons. The Bertz CT molecular complexity index is 972. The Morgan fingerprint density at radius 3 is 2.32 bits per heavy atom. The third-order valence-corrected chi connectivity index (χ3v) is 3.80. The van der Waals surface area contributed by atoms with Crippen LogP contribution >= 0.6 is 0 Å². The van der Waals surface area contributed by atoms with E-state index in [2.05, 4.69) is 25.6 Å². The van der Waals surface area contributed by atoms with Crippen molar-refractivity contribution in [2.24, 2.45) is 0 Å². The fraction of sp³-hybridized carbons (Fsp3) is 0.100. The Morgan fingerprint density at radius 2 is 1.68 bits per heavy atom. The second kappa shape index (κ2) is 8.63. The number of hydrogen-bond acceptors (Lipinski definition) is 7. The Kier molecular flexibility index (Phi) is 5.81. The number of anilines is 3. The smallest absolute Gasteiger partial charge is 0.337 e. The first-order valence-electron chi connectivity index (χ1n) is 8.33. The summed E-state index contributed by atoms with van der Waals surface area (Å²) < 4.78 is 9.81. The van der Waals surface area contributed by atoms with Crippen LogP contribution in [0.5, 0.6) is 5.75 Å². The number of hydrogen-bond donors (Lipinski definition) is 2. The number of nitrogens with zero attached hydrogens (tertiary/aromatic N) is 2. The minimum atomic E-state index is -0.442. The van der Waals surface area contributed by atoms with Gasteiger partial charge in [0.1, 0.15) is 5.75 Å². The highest BCUT2D eigenvalue weighted by Crippen LogP contribution is 2.20. The summed E-state index contributed by atoms with van der Waals surface area (Å²) in [4.78, 5) is 23.7. The molecule has 3 aromatic rings. The monoisotopic (exact) mass is 378 g/mol. The Labute approximate surface area is 161 Å². The molecule has 0 aliphatic heterocycles. The van der Waals surface area contributed by atoms with Crippen LogP contribution < -0.4 is 15.4 Å². The van der Waals surface area contributed by atoms with Crippen LogP contribution in [-0.4, -0.2) is 36.3 Å². The summed E-state index contributed by atoms with van der Waals surface area (Å²) in [7, 11) is 2.90. The van der Waals surface area contributed by atoms with E-state index < -0.39 is 11.9 Å². The van der Waals surface area contributed by atoms with Crippen LogP contribution in [0.3, 0.4) is 0 Å². The van der Waals surface area contributed by atoms with Crippen molar-refractivity contribution in [1.82, 2.24) is 10.2 Å². The van der Waals surface area contributed by atoms with E-state index in [1.807, 2.05) is 24.3 Å². The lowest BCUT2D eigenvalue weighted by Crippen LogP contribution is -2.14. The summed E-state index contributed by atoms with van der Waals surface area (Å²) in [5.41, 5.74) is 1.87. The molecular weight excluding hydrogens is 360 g/mol. The van der Waals surface area contributed by atoms with Crippen molar-refractivity contribution in [2.45, 2.75) is 0 Å². The molecule has 0 fully saturated rings. The van der Waals surface area contributed by atoms with Gasteiger partial charge in [0.05, 0.1) is 19.8 Å². The van der Waals surface area contributed by atoms with Gasteiger partial charge < -0.3 is 20.1 Å². The first-order valence-corrected chi connectivity index (χ1v) is 8.33. The predicted molar refractivity (Wildman–Crippen MR) is 104 cm³/mol. The Balaban J connectivity index is 1.64. The van der Waals surface area contributed by atoms with Crippen molar-refractivity contribution < 1.29 is 19.1 Å². The van der Waals surface area contributed by atoms with Gasteiger partial charge in [0.25, 0.3) is 5.91 Å². The van der Waals surface area contributed by atoms with Gasteiger partial charge >= 0.3 is 5.97 Å². The van der Waals surface area contributed by atoms with Crippen LogP contribution in [0.25, 0.3) is 0 Å². The number of ether oxygens (including phenoxy) is 2. The summed E-state index contributed by atoms with van der Waals surface area (Å²) >= 11 is 0. The maximum absolute atomic E-state index is 12.3. The van der Waals surface area contributed by atoms with Crippen molar-refractivity contribution in [2.75, 3.05) is 24.9 Å². The van der Waals surface area contributed by atoms with E-state index in [9.17, 15) is 9.59 Å². The highest BCUT2D eigenvalue weighted by atomic mass is 16.5. The van der Waals surface area contributed by atoms with Crippen LogP contribution in [0, 0.1) is 0 Å². The van der Waals surface area contributed by atoms with Crippen LogP contribution in [0.15, 0.2) is 60.7 Å². The molecule has 3 rings (SSSR count). The molecule has 28 heavy (non-hydrogen) atoms. The SMILES string of the molecule is COC(=O)c1ccc(NC(=O)c2ccc(Nc3cccc(OC)c3)nn2)cc1. The van der Waals surface area contributed by atoms with E-state index in [1.165, 1.54) is 7.11 Å². The quantitative estimate of drug-likeness (QED) is 0.635. The van der Waals surface area contributed by atoms with Crippen molar-refractivity contribution in [3.05, 3.63) is 71.9 Å². The van der Waals surface area contributed by atoms with Crippen LogP contribution in [0.4, 0.5) is 17.2 Å². The molecule has 1 amide bonds. The second-order valence-electron chi connectivity index (χ2n) is 5.68. The van der Waals surface area contributed by atoms with E-state index in [0.717, 1.165) is 5.69 Å². The Morgan fingerprint density at radius 1 is 0.893 bits per heavy atom. The summed E-state index contributed by atoms with van der Waals surface area (Å²) in [6, 6.07) is 16.9. The third kappa shape index (κ3) is 4.61. The van der Waals surface area contributed by atoms with E-state index in [1.54, 1.807) is 43.5 Å². The lowest BCUT2D eigenvalue weighted by Gasteiger charge is -2.08. The van der Waals surface area contributed by atoms with Gasteiger partial charge in [-0.1, -0.05) is 6.07 Å². The topological polar surface area (TPSA) is 102 Å². The second-order valence-corrected chi connectivity index (χ2v) is 5.68. The van der Waals surface area contributed by atoms with E-state index in [4.69, 9.17) is 4.74 Å². The molecule has 0 saturated heterocycles. The number of methoxy groups -OCH3 is 2. The molecule has 0 spiro atoms. The molecular formula is C20H18N4O4. The minimum absolute atomic E-state index is 0.160. The zero-order valence-electron chi connectivity index (χ0n) is 15.3. The van der Waals surface area contributed by atoms with Crippen molar-refractivity contribution in [3.8, 4) is 5.75 Å². The van der Waals surface area contributed by atoms with E-state index in [-0.39, 0.29) is 5.69 Å². The number of carbonyl (C=O) groups is 2. The molecule has 0 aliphatic carbocycles. The summed E-state index contributed by atoms with van der Waals surface area (Å²) in [5, 5.41) is 13.7. The van der Waals surface area contributed by atoms with Gasteiger partial charge in [0.2, 0.25) is 0 Å². The predicted octanol–water partition coefficient (Wildman–Crippen LogP) is 3.27. The van der Waals surface area contributed by atoms with Crippen LogP contribution in [0.2, 0.25) is 0 Å². The normalized spacial score (nSPS) is 10.1. The fourth-order valence-corrected chi connectivity index (χ4v) is 2.37. The fourth-order valence-electron chi connectivity index (χ4n) is 2.37. The highest BCUT2D eigenvalue weighted by molar-refractivity contribution is 6.03. The molecule has 0 saturated carbocycles. The van der Waals surface area contributed by atoms with Crippen LogP contribution in [0.1, 0.15) is 20.8 Å². The zero-order valence-corrected chi connectivity index (χ0v) is 15.3. The molecule has 0 aliphatic rings. The van der Waals surface area contributed by atoms with Gasteiger partial charge in [-0.15, -0.1) is 10.2 Å². The van der Waals surface area contributed by atoms with Crippen molar-refractivity contribution in [1.29, 1.82) is 0 Å². The van der Waals surface area contributed by atoms with Gasteiger partial charge in [-0.2, -0.15) is 0 Å². The van der Waals surface area contributed by atoms with Crippen molar-refractivity contribution in [3.63, 3.8) is 0 Å². The molecule has 2 aromatic carbocycles. The maximum atomic E-state index is 12.3. The molecule has 8 nitrogen and oxygen atoms in total. The molecule has 8 heteroatoms. The molecule has 2 N–H and O–H groups in total. The zero-order chi connectivity index (χ0) is 19.9. The number of esters is 1. The van der Waals surface area contributed by atoms with Gasteiger partial charge in [0, 0.05) is 17.4 Å². The van der Waals surface area contributed by atoms with Gasteiger partial charge in [-0.3, -0.25) is 4.79 Å². The van der Waals surface area contributed by atoms with Crippen LogP contribution in [-0.2, 0) is 4.74 Å². The number of rotatable bonds is 6. The summed E-state index contributed by atoms with van der Waals surface area (Å²) in [6.45, 7) is 0. The first kappa shape index (κ1) is 18.8. The maximum Gasteiger partial charge on any atom is 0.337 e. The molecule has 1 heterocycles. The van der Waals surface area contributed by atoms with E-state index >= 15 is 0 Å². The summed E-state index contributed by atoms with van der Waals surface area (Å²) in [6.07, 6.45) is 0. The van der Waals surface area contributed by atoms with Crippen molar-refractivity contribution >= 4 is 29.1 Å². The van der Waals surface area contributed by atoms with E-state index in [0.29, 0.717) is 22.8 Å². The number of carbonyl (C=O) groups excluding carboxylic acids is 2. The Hall–Kier alpha value is -3.94. The minimum Gasteiger partial charge on any atom is -0.497 e. The standard InChI is InChI=1S/C20H18N4O4/c1-27-16-5-3-4-15(12-16)21-18-11-10-17(23-24-18)19(25)22-14-8-6-13(7-9-14)20(26)28-2/h3-12H,1-2H3,(H,21,24)(H,22,25). The molecule has 0 atom stereocenters. The lowest BCUT2D eigenvalue weighted by atomic mass is 10.2. The average molecular weight is 378 g/mol. The largest absolute Gasteiger partial charge is 0.497 e. The van der Waals surface area contributed by atoms with Gasteiger partial charge in [-0.25, -0.2) is 4.79 Å². The average Bonchev–Trinajstić information content (AvgIpc) is 2.74. The third-order valence-electron chi connectivity index (χ3n) is 3.80. The molecule has 0 bridgehead atoms. The number of nitrogens with one attached hydrogen (secondary N) is 2. The lowest BCUT2D eigenvalue weighted by molar-refractivity contribution is 0.0600. The summed E-state index contributed by atoms with van der Waals surface area (Å²) in [5.74, 6) is 0.355. The molecule has 0 radical (unpaired) electrons. The number of amides is 1. The number of aromatic nitrogens is 2. The highest BCUT2D eigenvalue weighted by Gasteiger charge is 2.10. The first-order chi connectivity index (χ1) is 13.6. The molecule has 0 unspecified atom stereocenters. The molecule has 1 aromatic heterocycles. The number of benzene rings is 2. The van der Waals surface area contributed by atoms with Gasteiger partial charge in [-0.05, 0) is 48.5 Å². The van der Waals surface area contributed by atoms with Gasteiger partial charge in [0.15, 0.2) is 11.5 Å².